The number of morpholine rings is 1. The topological polar surface area (TPSA) is 54.6 Å². The van der Waals surface area contributed by atoms with E-state index in [2.05, 4.69) is 28.9 Å². The molecule has 1 aromatic heterocycles. The first kappa shape index (κ1) is 14.8. The van der Waals surface area contributed by atoms with Crippen LogP contribution >= 0.6 is 0 Å². The van der Waals surface area contributed by atoms with Gasteiger partial charge >= 0.3 is 0 Å². The summed E-state index contributed by atoms with van der Waals surface area (Å²) in [5, 5.41) is 3.99. The molecule has 2 heterocycles. The largest absolute Gasteiger partial charge is 0.366 e. The molecule has 1 spiro atoms. The van der Waals surface area contributed by atoms with Crippen molar-refractivity contribution in [3.63, 3.8) is 0 Å². The summed E-state index contributed by atoms with van der Waals surface area (Å²) in [5.74, 6) is 1.32. The number of aromatic nitrogens is 2. The molecule has 1 aliphatic heterocycles. The lowest BCUT2D eigenvalue weighted by atomic mass is 9.94. The molecule has 21 heavy (non-hydrogen) atoms. The van der Waals surface area contributed by atoms with Gasteiger partial charge in [-0.25, -0.2) is 0 Å². The molecule has 0 atom stereocenters. The zero-order valence-corrected chi connectivity index (χ0v) is 13.6. The standard InChI is InChI=1S/C15H26N4O2/c1-14(2)10-19(11-15(21-14)7-5-6-8-15)9-12-16-13(17-20-12)18(3)4/h5-11H2,1-4H3. The van der Waals surface area contributed by atoms with Crippen LogP contribution in [-0.4, -0.2) is 53.4 Å². The minimum atomic E-state index is -0.118. The Morgan fingerprint density at radius 1 is 1.19 bits per heavy atom. The Bertz CT molecular complexity index is 492. The van der Waals surface area contributed by atoms with Crippen LogP contribution in [0, 0.1) is 0 Å². The maximum absolute atomic E-state index is 6.42. The molecule has 3 rings (SSSR count). The van der Waals surface area contributed by atoms with Crippen molar-refractivity contribution in [1.29, 1.82) is 0 Å². The van der Waals surface area contributed by atoms with E-state index in [9.17, 15) is 0 Å². The van der Waals surface area contributed by atoms with Crippen LogP contribution in [0.2, 0.25) is 0 Å². The number of hydrogen-bond donors (Lipinski definition) is 0. The third kappa shape index (κ3) is 3.21. The van der Waals surface area contributed by atoms with Gasteiger partial charge in [-0.2, -0.15) is 4.98 Å². The van der Waals surface area contributed by atoms with E-state index in [1.165, 1.54) is 25.7 Å². The van der Waals surface area contributed by atoms with Crippen molar-refractivity contribution < 1.29 is 9.26 Å². The Balaban J connectivity index is 1.71. The minimum Gasteiger partial charge on any atom is -0.366 e. The normalized spacial score (nSPS) is 24.6. The molecule has 0 amide bonds. The van der Waals surface area contributed by atoms with Crippen molar-refractivity contribution in [1.82, 2.24) is 15.0 Å². The van der Waals surface area contributed by atoms with Crippen LogP contribution in [0.5, 0.6) is 0 Å². The van der Waals surface area contributed by atoms with Crippen LogP contribution in [0.25, 0.3) is 0 Å². The molecule has 6 nitrogen and oxygen atoms in total. The summed E-state index contributed by atoms with van der Waals surface area (Å²) >= 11 is 0. The molecule has 1 saturated carbocycles. The molecule has 6 heteroatoms. The van der Waals surface area contributed by atoms with Crippen LogP contribution in [0.1, 0.15) is 45.4 Å². The predicted molar refractivity (Wildman–Crippen MR) is 80.3 cm³/mol. The van der Waals surface area contributed by atoms with Crippen LogP contribution < -0.4 is 4.90 Å². The Hall–Kier alpha value is -1.14. The lowest BCUT2D eigenvalue weighted by Gasteiger charge is -2.48. The maximum atomic E-state index is 6.42. The van der Waals surface area contributed by atoms with Crippen molar-refractivity contribution in [3.8, 4) is 0 Å². The summed E-state index contributed by atoms with van der Waals surface area (Å²) in [7, 11) is 3.83. The second kappa shape index (κ2) is 5.25. The first-order valence-corrected chi connectivity index (χ1v) is 7.80. The van der Waals surface area contributed by atoms with Gasteiger partial charge < -0.3 is 14.2 Å². The SMILES string of the molecule is CN(C)c1noc(CN2CC(C)(C)OC3(CCCC3)C2)n1. The molecule has 118 valence electrons. The van der Waals surface area contributed by atoms with Crippen molar-refractivity contribution in [2.24, 2.45) is 0 Å². The summed E-state index contributed by atoms with van der Waals surface area (Å²) in [6.45, 7) is 6.93. The molecule has 0 aromatic carbocycles. The molecule has 0 unspecified atom stereocenters. The second-order valence-electron chi connectivity index (χ2n) is 7.28. The zero-order chi connectivity index (χ0) is 15.1. The van der Waals surface area contributed by atoms with Crippen molar-refractivity contribution >= 4 is 5.95 Å². The summed E-state index contributed by atoms with van der Waals surface area (Å²) in [4.78, 5) is 8.69. The maximum Gasteiger partial charge on any atom is 0.265 e. The molecule has 1 saturated heterocycles. The van der Waals surface area contributed by atoms with Gasteiger partial charge in [0.1, 0.15) is 0 Å². The van der Waals surface area contributed by atoms with Crippen LogP contribution in [-0.2, 0) is 11.3 Å². The summed E-state index contributed by atoms with van der Waals surface area (Å²) in [5.41, 5.74) is -0.0842. The van der Waals surface area contributed by atoms with Gasteiger partial charge in [0.05, 0.1) is 17.7 Å². The minimum absolute atomic E-state index is 0.0339. The van der Waals surface area contributed by atoms with E-state index in [1.807, 2.05) is 19.0 Å². The van der Waals surface area contributed by atoms with E-state index >= 15 is 0 Å². The number of rotatable bonds is 3. The molecule has 2 fully saturated rings. The molecule has 0 bridgehead atoms. The van der Waals surface area contributed by atoms with Crippen molar-refractivity contribution in [2.75, 3.05) is 32.1 Å². The van der Waals surface area contributed by atoms with Gasteiger partial charge in [-0.15, -0.1) is 0 Å². The first-order chi connectivity index (χ1) is 9.88. The Labute approximate surface area is 126 Å². The molecule has 0 radical (unpaired) electrons. The highest BCUT2D eigenvalue weighted by Crippen LogP contribution is 2.40. The molecule has 1 aliphatic carbocycles. The van der Waals surface area contributed by atoms with E-state index in [0.29, 0.717) is 18.4 Å². The van der Waals surface area contributed by atoms with E-state index in [4.69, 9.17) is 9.26 Å². The van der Waals surface area contributed by atoms with Crippen molar-refractivity contribution in [2.45, 2.75) is 57.3 Å². The van der Waals surface area contributed by atoms with Gasteiger partial charge in [-0.3, -0.25) is 4.90 Å². The van der Waals surface area contributed by atoms with E-state index in [0.717, 1.165) is 13.1 Å². The predicted octanol–water partition coefficient (Wildman–Crippen LogP) is 2.06. The summed E-state index contributed by atoms with van der Waals surface area (Å²) in [6, 6.07) is 0. The number of nitrogens with zero attached hydrogens (tertiary/aromatic N) is 4. The van der Waals surface area contributed by atoms with Gasteiger partial charge in [0.25, 0.3) is 5.95 Å². The Morgan fingerprint density at radius 2 is 1.90 bits per heavy atom. The molecule has 2 aliphatic rings. The highest BCUT2D eigenvalue weighted by Gasteiger charge is 2.45. The van der Waals surface area contributed by atoms with Crippen LogP contribution in [0.4, 0.5) is 5.95 Å². The lowest BCUT2D eigenvalue weighted by molar-refractivity contribution is -0.196. The van der Waals surface area contributed by atoms with Gasteiger partial charge in [0.2, 0.25) is 5.89 Å². The molecule has 0 N–H and O–H groups in total. The molecular weight excluding hydrogens is 268 g/mol. The van der Waals surface area contributed by atoms with E-state index < -0.39 is 0 Å². The van der Waals surface area contributed by atoms with Crippen LogP contribution in [0.3, 0.4) is 0 Å². The highest BCUT2D eigenvalue weighted by molar-refractivity contribution is 5.23. The average molecular weight is 294 g/mol. The van der Waals surface area contributed by atoms with Gasteiger partial charge in [0, 0.05) is 27.2 Å². The number of anilines is 1. The second-order valence-corrected chi connectivity index (χ2v) is 7.28. The van der Waals surface area contributed by atoms with Crippen molar-refractivity contribution in [3.05, 3.63) is 5.89 Å². The molecular formula is C15H26N4O2. The highest BCUT2D eigenvalue weighted by atomic mass is 16.5. The Morgan fingerprint density at radius 3 is 2.52 bits per heavy atom. The van der Waals surface area contributed by atoms with Gasteiger partial charge in [-0.05, 0) is 31.8 Å². The third-order valence-corrected chi connectivity index (χ3v) is 4.34. The fourth-order valence-electron chi connectivity index (χ4n) is 3.73. The average Bonchev–Trinajstić information content (AvgIpc) is 2.97. The van der Waals surface area contributed by atoms with E-state index in [-0.39, 0.29) is 11.2 Å². The lowest BCUT2D eigenvalue weighted by Crippen LogP contribution is -2.58. The monoisotopic (exact) mass is 294 g/mol. The van der Waals surface area contributed by atoms with E-state index in [1.54, 1.807) is 0 Å². The van der Waals surface area contributed by atoms with Crippen LogP contribution in [0.15, 0.2) is 4.52 Å². The smallest absolute Gasteiger partial charge is 0.265 e. The fourth-order valence-corrected chi connectivity index (χ4v) is 3.73. The van der Waals surface area contributed by atoms with Gasteiger partial charge in [-0.1, -0.05) is 12.8 Å². The number of hydrogen-bond acceptors (Lipinski definition) is 6. The Kier molecular flexibility index (Phi) is 3.69. The summed E-state index contributed by atoms with van der Waals surface area (Å²) in [6.07, 6.45) is 4.88. The quantitative estimate of drug-likeness (QED) is 0.850. The fraction of sp³-hybridized carbons (Fsp3) is 0.867. The zero-order valence-electron chi connectivity index (χ0n) is 13.6. The summed E-state index contributed by atoms with van der Waals surface area (Å²) < 4.78 is 11.8. The first-order valence-electron chi connectivity index (χ1n) is 7.80. The van der Waals surface area contributed by atoms with Gasteiger partial charge in [0.15, 0.2) is 0 Å². The third-order valence-electron chi connectivity index (χ3n) is 4.34. The molecule has 1 aromatic rings. The number of ether oxygens (including phenoxy) is 1.